The van der Waals surface area contributed by atoms with Crippen LogP contribution in [0.2, 0.25) is 5.02 Å². The molecule has 4 heteroatoms. The third kappa shape index (κ3) is 4.12. The number of hydrogen-bond donors (Lipinski definition) is 0. The molecule has 1 aromatic rings. The Morgan fingerprint density at radius 1 is 1.32 bits per heavy atom. The molecule has 1 aliphatic rings. The van der Waals surface area contributed by atoms with Crippen LogP contribution in [0.4, 0.5) is 0 Å². The van der Waals surface area contributed by atoms with Crippen LogP contribution in [0.5, 0.6) is 0 Å². The lowest BCUT2D eigenvalue weighted by Gasteiger charge is -2.28. The Balaban J connectivity index is 2.02. The van der Waals surface area contributed by atoms with Crippen molar-refractivity contribution in [2.45, 2.75) is 38.1 Å². The van der Waals surface area contributed by atoms with Crippen molar-refractivity contribution in [3.05, 3.63) is 34.9 Å². The molecule has 104 valence electrons. The van der Waals surface area contributed by atoms with Gasteiger partial charge in [0.2, 0.25) is 5.91 Å². The van der Waals surface area contributed by atoms with Gasteiger partial charge in [-0.25, -0.2) is 0 Å². The molecule has 0 bridgehead atoms. The van der Waals surface area contributed by atoms with Crippen LogP contribution in [-0.4, -0.2) is 29.3 Å². The van der Waals surface area contributed by atoms with Gasteiger partial charge in [-0.2, -0.15) is 0 Å². The number of halogens is 2. The first-order chi connectivity index (χ1) is 9.20. The van der Waals surface area contributed by atoms with Gasteiger partial charge in [-0.05, 0) is 30.5 Å². The number of benzene rings is 1. The maximum atomic E-state index is 12.4. The number of carbonyl (C=O) groups is 1. The number of nitrogens with zero attached hydrogens (tertiary/aromatic N) is 1. The molecular weight excluding hydrogens is 281 g/mol. The number of rotatable bonds is 5. The first kappa shape index (κ1) is 14.7. The summed E-state index contributed by atoms with van der Waals surface area (Å²) in [5.74, 6) is 0.660. The van der Waals surface area contributed by atoms with E-state index < -0.39 is 0 Å². The predicted octanol–water partition coefficient (Wildman–Crippen LogP) is 3.89. The van der Waals surface area contributed by atoms with Crippen LogP contribution >= 0.6 is 23.2 Å². The van der Waals surface area contributed by atoms with Gasteiger partial charge in [0.15, 0.2) is 0 Å². The third-order valence-electron chi connectivity index (χ3n) is 3.66. The van der Waals surface area contributed by atoms with Crippen molar-refractivity contribution in [1.29, 1.82) is 0 Å². The number of alkyl halides is 1. The normalized spacial score (nSPS) is 15.7. The van der Waals surface area contributed by atoms with Crippen molar-refractivity contribution in [2.75, 3.05) is 12.4 Å². The van der Waals surface area contributed by atoms with Gasteiger partial charge in [-0.15, -0.1) is 11.6 Å². The summed E-state index contributed by atoms with van der Waals surface area (Å²) in [6.07, 6.45) is 5.06. The zero-order valence-electron chi connectivity index (χ0n) is 10.9. The largest absolute Gasteiger partial charge is 0.338 e. The lowest BCUT2D eigenvalue weighted by molar-refractivity contribution is -0.132. The fourth-order valence-corrected chi connectivity index (χ4v) is 3.14. The average molecular weight is 300 g/mol. The Labute approximate surface area is 124 Å². The van der Waals surface area contributed by atoms with E-state index in [0.29, 0.717) is 29.9 Å². The molecule has 0 aromatic heterocycles. The van der Waals surface area contributed by atoms with Gasteiger partial charge >= 0.3 is 0 Å². The van der Waals surface area contributed by atoms with E-state index in [1.54, 1.807) is 0 Å². The quantitative estimate of drug-likeness (QED) is 0.755. The molecule has 1 aliphatic carbocycles. The summed E-state index contributed by atoms with van der Waals surface area (Å²) in [5, 5.41) is 0.676. The summed E-state index contributed by atoms with van der Waals surface area (Å²) in [5.41, 5.74) is 0.968. The molecule has 1 fully saturated rings. The molecule has 1 saturated carbocycles. The number of hydrogen-bond acceptors (Lipinski definition) is 1. The van der Waals surface area contributed by atoms with Crippen LogP contribution in [0.1, 0.15) is 31.2 Å². The summed E-state index contributed by atoms with van der Waals surface area (Å²) in [6, 6.07) is 7.88. The fraction of sp³-hybridized carbons (Fsp3) is 0.533. The Morgan fingerprint density at radius 2 is 2.05 bits per heavy atom. The van der Waals surface area contributed by atoms with Crippen LogP contribution in [0.25, 0.3) is 0 Å². The van der Waals surface area contributed by atoms with Gasteiger partial charge < -0.3 is 4.90 Å². The summed E-state index contributed by atoms with van der Waals surface area (Å²) >= 11 is 11.8. The SMILES string of the molecule is O=C(Cc1cccc(Cl)c1)N(CCCl)C1CCCC1. The highest BCUT2D eigenvalue weighted by molar-refractivity contribution is 6.30. The van der Waals surface area contributed by atoms with Crippen molar-refractivity contribution in [1.82, 2.24) is 4.90 Å². The summed E-state index contributed by atoms with van der Waals surface area (Å²) < 4.78 is 0. The van der Waals surface area contributed by atoms with E-state index in [1.807, 2.05) is 29.2 Å². The zero-order valence-corrected chi connectivity index (χ0v) is 12.5. The summed E-state index contributed by atoms with van der Waals surface area (Å²) in [4.78, 5) is 14.4. The minimum atomic E-state index is 0.162. The molecule has 1 amide bonds. The fourth-order valence-electron chi connectivity index (χ4n) is 2.74. The maximum absolute atomic E-state index is 12.4. The van der Waals surface area contributed by atoms with Gasteiger partial charge in [0, 0.05) is 23.5 Å². The van der Waals surface area contributed by atoms with Gasteiger partial charge in [-0.3, -0.25) is 4.79 Å². The highest BCUT2D eigenvalue weighted by Crippen LogP contribution is 2.24. The van der Waals surface area contributed by atoms with E-state index in [-0.39, 0.29) is 5.91 Å². The van der Waals surface area contributed by atoms with Crippen LogP contribution < -0.4 is 0 Å². The molecule has 0 heterocycles. The maximum Gasteiger partial charge on any atom is 0.227 e. The lowest BCUT2D eigenvalue weighted by atomic mass is 10.1. The van der Waals surface area contributed by atoms with E-state index in [2.05, 4.69) is 0 Å². The topological polar surface area (TPSA) is 20.3 Å². The smallest absolute Gasteiger partial charge is 0.227 e. The van der Waals surface area contributed by atoms with Gasteiger partial charge in [0.25, 0.3) is 0 Å². The Kier molecular flexibility index (Phi) is 5.53. The van der Waals surface area contributed by atoms with Crippen molar-refractivity contribution in [3.8, 4) is 0 Å². The van der Waals surface area contributed by atoms with Gasteiger partial charge in [-0.1, -0.05) is 36.6 Å². The first-order valence-electron chi connectivity index (χ1n) is 6.80. The molecular formula is C15H19Cl2NO. The third-order valence-corrected chi connectivity index (χ3v) is 4.06. The Bertz CT molecular complexity index is 430. The molecule has 0 N–H and O–H groups in total. The second-order valence-corrected chi connectivity index (χ2v) is 5.84. The van der Waals surface area contributed by atoms with Crippen molar-refractivity contribution in [3.63, 3.8) is 0 Å². The number of carbonyl (C=O) groups excluding carboxylic acids is 1. The monoisotopic (exact) mass is 299 g/mol. The minimum absolute atomic E-state index is 0.162. The molecule has 2 nitrogen and oxygen atoms in total. The molecule has 2 rings (SSSR count). The van der Waals surface area contributed by atoms with Crippen LogP contribution in [0, 0.1) is 0 Å². The standard InChI is InChI=1S/C15H19Cl2NO/c16-8-9-18(14-6-1-2-7-14)15(19)11-12-4-3-5-13(17)10-12/h3-5,10,14H,1-2,6-9,11H2. The zero-order chi connectivity index (χ0) is 13.7. The van der Waals surface area contributed by atoms with Crippen molar-refractivity contribution >= 4 is 29.1 Å². The van der Waals surface area contributed by atoms with E-state index in [0.717, 1.165) is 18.4 Å². The lowest BCUT2D eigenvalue weighted by Crippen LogP contribution is -2.41. The van der Waals surface area contributed by atoms with Crippen molar-refractivity contribution in [2.24, 2.45) is 0 Å². The van der Waals surface area contributed by atoms with Gasteiger partial charge in [0.1, 0.15) is 0 Å². The molecule has 0 saturated heterocycles. The summed E-state index contributed by atoms with van der Waals surface area (Å²) in [7, 11) is 0. The second kappa shape index (κ2) is 7.16. The average Bonchev–Trinajstić information content (AvgIpc) is 2.89. The Hall–Kier alpha value is -0.730. The Morgan fingerprint density at radius 3 is 2.68 bits per heavy atom. The van der Waals surface area contributed by atoms with E-state index in [9.17, 15) is 4.79 Å². The first-order valence-corrected chi connectivity index (χ1v) is 7.72. The van der Waals surface area contributed by atoms with Crippen LogP contribution in [0.15, 0.2) is 24.3 Å². The minimum Gasteiger partial charge on any atom is -0.338 e. The van der Waals surface area contributed by atoms with Crippen molar-refractivity contribution < 1.29 is 4.79 Å². The van der Waals surface area contributed by atoms with E-state index in [1.165, 1.54) is 12.8 Å². The number of amides is 1. The molecule has 0 radical (unpaired) electrons. The van der Waals surface area contributed by atoms with E-state index in [4.69, 9.17) is 23.2 Å². The highest BCUT2D eigenvalue weighted by atomic mass is 35.5. The van der Waals surface area contributed by atoms with E-state index >= 15 is 0 Å². The predicted molar refractivity (Wildman–Crippen MR) is 79.8 cm³/mol. The van der Waals surface area contributed by atoms with Crippen LogP contribution in [0.3, 0.4) is 0 Å². The molecule has 0 unspecified atom stereocenters. The molecule has 1 aromatic carbocycles. The summed E-state index contributed by atoms with van der Waals surface area (Å²) in [6.45, 7) is 0.644. The van der Waals surface area contributed by atoms with Gasteiger partial charge in [0.05, 0.1) is 6.42 Å². The second-order valence-electron chi connectivity index (χ2n) is 5.02. The van der Waals surface area contributed by atoms with Crippen LogP contribution in [-0.2, 0) is 11.2 Å². The molecule has 0 atom stereocenters. The molecule has 0 aliphatic heterocycles. The molecule has 0 spiro atoms. The molecule has 19 heavy (non-hydrogen) atoms. The highest BCUT2D eigenvalue weighted by Gasteiger charge is 2.25.